The normalized spacial score (nSPS) is 21.2. The molecular weight excluding hydrogens is 308 g/mol. The number of nitrogens with zero attached hydrogens (tertiary/aromatic N) is 1. The van der Waals surface area contributed by atoms with Crippen LogP contribution in [0.3, 0.4) is 0 Å². The SMILES string of the molecule is CC[C@H](N)C(=O)N1CCO[C@H](c2ccccc2Br)C1. The van der Waals surface area contributed by atoms with Crippen molar-refractivity contribution in [2.45, 2.75) is 25.5 Å². The topological polar surface area (TPSA) is 55.6 Å². The molecule has 1 amide bonds. The lowest BCUT2D eigenvalue weighted by Gasteiger charge is -2.34. The van der Waals surface area contributed by atoms with Crippen LogP contribution in [0, 0.1) is 0 Å². The van der Waals surface area contributed by atoms with Gasteiger partial charge in [-0.2, -0.15) is 0 Å². The number of hydrogen-bond donors (Lipinski definition) is 1. The third-order valence-electron chi connectivity index (χ3n) is 3.39. The fourth-order valence-electron chi connectivity index (χ4n) is 2.18. The average Bonchev–Trinajstić information content (AvgIpc) is 2.46. The minimum atomic E-state index is -0.405. The third kappa shape index (κ3) is 3.35. The van der Waals surface area contributed by atoms with E-state index in [1.807, 2.05) is 36.1 Å². The van der Waals surface area contributed by atoms with Crippen LogP contribution in [0.25, 0.3) is 0 Å². The highest BCUT2D eigenvalue weighted by Gasteiger charge is 2.28. The summed E-state index contributed by atoms with van der Waals surface area (Å²) in [7, 11) is 0. The number of hydrogen-bond acceptors (Lipinski definition) is 3. The lowest BCUT2D eigenvalue weighted by molar-refractivity contribution is -0.140. The molecule has 0 radical (unpaired) electrons. The summed E-state index contributed by atoms with van der Waals surface area (Å²) in [6.45, 7) is 3.66. The van der Waals surface area contributed by atoms with E-state index in [2.05, 4.69) is 15.9 Å². The fourth-order valence-corrected chi connectivity index (χ4v) is 2.72. The maximum atomic E-state index is 12.1. The molecular formula is C14H19BrN2O2. The first-order chi connectivity index (χ1) is 9.13. The van der Waals surface area contributed by atoms with Crippen molar-refractivity contribution in [3.05, 3.63) is 34.3 Å². The van der Waals surface area contributed by atoms with Gasteiger partial charge in [-0.05, 0) is 18.1 Å². The molecule has 19 heavy (non-hydrogen) atoms. The molecule has 2 N–H and O–H groups in total. The van der Waals surface area contributed by atoms with Gasteiger partial charge in [0, 0.05) is 11.0 Å². The summed E-state index contributed by atoms with van der Waals surface area (Å²) in [5.41, 5.74) is 6.89. The number of carbonyl (C=O) groups is 1. The number of carbonyl (C=O) groups excluding carboxylic acids is 1. The van der Waals surface area contributed by atoms with E-state index in [1.54, 1.807) is 0 Å². The van der Waals surface area contributed by atoms with Crippen LogP contribution in [0.5, 0.6) is 0 Å². The first-order valence-electron chi connectivity index (χ1n) is 6.54. The van der Waals surface area contributed by atoms with E-state index in [4.69, 9.17) is 10.5 Å². The maximum absolute atomic E-state index is 12.1. The standard InChI is InChI=1S/C14H19BrN2O2/c1-2-12(16)14(18)17-7-8-19-13(9-17)10-5-3-4-6-11(10)15/h3-6,12-13H,2,7-9,16H2,1H3/t12-,13-/m0/s1. The summed E-state index contributed by atoms with van der Waals surface area (Å²) < 4.78 is 6.78. The zero-order valence-electron chi connectivity index (χ0n) is 11.0. The van der Waals surface area contributed by atoms with E-state index in [0.717, 1.165) is 10.0 Å². The smallest absolute Gasteiger partial charge is 0.239 e. The molecule has 1 saturated heterocycles. The molecule has 0 unspecified atom stereocenters. The highest BCUT2D eigenvalue weighted by Crippen LogP contribution is 2.28. The number of rotatable bonds is 3. The highest BCUT2D eigenvalue weighted by molar-refractivity contribution is 9.10. The van der Waals surface area contributed by atoms with Crippen molar-refractivity contribution in [3.8, 4) is 0 Å². The molecule has 0 saturated carbocycles. The molecule has 1 aliphatic heterocycles. The molecule has 2 atom stereocenters. The van der Waals surface area contributed by atoms with Crippen molar-refractivity contribution in [2.75, 3.05) is 19.7 Å². The first-order valence-corrected chi connectivity index (χ1v) is 7.33. The Labute approximate surface area is 122 Å². The molecule has 1 aromatic rings. The van der Waals surface area contributed by atoms with Gasteiger partial charge in [0.05, 0.1) is 19.2 Å². The molecule has 2 rings (SSSR count). The Hall–Kier alpha value is -0.910. The minimum absolute atomic E-state index is 0.0165. The quantitative estimate of drug-likeness (QED) is 0.925. The Bertz CT molecular complexity index is 453. The second-order valence-electron chi connectivity index (χ2n) is 4.68. The molecule has 0 bridgehead atoms. The van der Waals surface area contributed by atoms with Crippen LogP contribution >= 0.6 is 15.9 Å². The fraction of sp³-hybridized carbons (Fsp3) is 0.500. The average molecular weight is 327 g/mol. The van der Waals surface area contributed by atoms with E-state index >= 15 is 0 Å². The number of benzene rings is 1. The molecule has 1 fully saturated rings. The third-order valence-corrected chi connectivity index (χ3v) is 4.11. The van der Waals surface area contributed by atoms with Crippen molar-refractivity contribution in [3.63, 3.8) is 0 Å². The predicted molar refractivity (Wildman–Crippen MR) is 77.7 cm³/mol. The molecule has 1 aliphatic rings. The van der Waals surface area contributed by atoms with Crippen LogP contribution in [0.2, 0.25) is 0 Å². The van der Waals surface area contributed by atoms with Gasteiger partial charge in [0.15, 0.2) is 0 Å². The van der Waals surface area contributed by atoms with E-state index in [0.29, 0.717) is 26.1 Å². The van der Waals surface area contributed by atoms with E-state index in [1.165, 1.54) is 0 Å². The van der Waals surface area contributed by atoms with Crippen LogP contribution in [-0.4, -0.2) is 36.5 Å². The van der Waals surface area contributed by atoms with Gasteiger partial charge in [-0.1, -0.05) is 41.1 Å². The minimum Gasteiger partial charge on any atom is -0.370 e. The molecule has 0 aromatic heterocycles. The Balaban J connectivity index is 2.09. The second-order valence-corrected chi connectivity index (χ2v) is 5.53. The molecule has 1 heterocycles. The summed E-state index contributed by atoms with van der Waals surface area (Å²) in [5, 5.41) is 0. The van der Waals surface area contributed by atoms with Crippen LogP contribution < -0.4 is 5.73 Å². The number of amides is 1. The molecule has 5 heteroatoms. The Morgan fingerprint density at radius 3 is 3.00 bits per heavy atom. The number of halogens is 1. The summed E-state index contributed by atoms with van der Waals surface area (Å²) >= 11 is 3.52. The lowest BCUT2D eigenvalue weighted by atomic mass is 10.1. The lowest BCUT2D eigenvalue weighted by Crippen LogP contribution is -2.49. The van der Waals surface area contributed by atoms with Gasteiger partial charge in [-0.3, -0.25) is 4.79 Å². The van der Waals surface area contributed by atoms with Crippen molar-refractivity contribution in [1.29, 1.82) is 0 Å². The van der Waals surface area contributed by atoms with E-state index in [-0.39, 0.29) is 12.0 Å². The molecule has 4 nitrogen and oxygen atoms in total. The Kier molecular flexibility index (Phi) is 4.96. The van der Waals surface area contributed by atoms with Gasteiger partial charge in [0.25, 0.3) is 0 Å². The Morgan fingerprint density at radius 2 is 2.32 bits per heavy atom. The van der Waals surface area contributed by atoms with Crippen molar-refractivity contribution in [2.24, 2.45) is 5.73 Å². The molecule has 0 aliphatic carbocycles. The van der Waals surface area contributed by atoms with Crippen LogP contribution in [0.15, 0.2) is 28.7 Å². The predicted octanol–water partition coefficient (Wildman–Crippen LogP) is 2.09. The van der Waals surface area contributed by atoms with Crippen molar-refractivity contribution < 1.29 is 9.53 Å². The van der Waals surface area contributed by atoms with Crippen LogP contribution in [0.4, 0.5) is 0 Å². The highest BCUT2D eigenvalue weighted by atomic mass is 79.9. The molecule has 0 spiro atoms. The molecule has 1 aromatic carbocycles. The van der Waals surface area contributed by atoms with E-state index in [9.17, 15) is 4.79 Å². The number of nitrogens with two attached hydrogens (primary N) is 1. The molecule has 104 valence electrons. The zero-order chi connectivity index (χ0) is 13.8. The van der Waals surface area contributed by atoms with Gasteiger partial charge in [-0.15, -0.1) is 0 Å². The van der Waals surface area contributed by atoms with E-state index < -0.39 is 6.04 Å². The summed E-state index contributed by atoms with van der Waals surface area (Å²) in [5.74, 6) is 0.0165. The summed E-state index contributed by atoms with van der Waals surface area (Å²) in [6, 6.07) is 7.53. The second kappa shape index (κ2) is 6.50. The number of morpholine rings is 1. The van der Waals surface area contributed by atoms with Gasteiger partial charge < -0.3 is 15.4 Å². The summed E-state index contributed by atoms with van der Waals surface area (Å²) in [6.07, 6.45) is 0.577. The summed E-state index contributed by atoms with van der Waals surface area (Å²) in [4.78, 5) is 13.9. The van der Waals surface area contributed by atoms with Gasteiger partial charge in [0.2, 0.25) is 5.91 Å². The maximum Gasteiger partial charge on any atom is 0.239 e. The number of ether oxygens (including phenoxy) is 1. The Morgan fingerprint density at radius 1 is 1.58 bits per heavy atom. The van der Waals surface area contributed by atoms with Gasteiger partial charge in [-0.25, -0.2) is 0 Å². The van der Waals surface area contributed by atoms with Crippen LogP contribution in [0.1, 0.15) is 25.0 Å². The van der Waals surface area contributed by atoms with Crippen molar-refractivity contribution in [1.82, 2.24) is 4.90 Å². The monoisotopic (exact) mass is 326 g/mol. The first kappa shape index (κ1) is 14.5. The van der Waals surface area contributed by atoms with Crippen LogP contribution in [-0.2, 0) is 9.53 Å². The van der Waals surface area contributed by atoms with Crippen molar-refractivity contribution >= 4 is 21.8 Å². The van der Waals surface area contributed by atoms with Gasteiger partial charge >= 0.3 is 0 Å². The van der Waals surface area contributed by atoms with Gasteiger partial charge in [0.1, 0.15) is 6.10 Å². The zero-order valence-corrected chi connectivity index (χ0v) is 12.6. The largest absolute Gasteiger partial charge is 0.370 e.